The maximum atomic E-state index is 2.63. The van der Waals surface area contributed by atoms with Gasteiger partial charge in [-0.1, -0.05) is 6.92 Å². The minimum atomic E-state index is 0.712. The summed E-state index contributed by atoms with van der Waals surface area (Å²) in [5.41, 5.74) is 0.712. The Kier molecular flexibility index (Phi) is 2.13. The molecule has 2 fully saturated rings. The van der Waals surface area contributed by atoms with Crippen LogP contribution in [0.4, 0.5) is 0 Å². The van der Waals surface area contributed by atoms with E-state index < -0.39 is 0 Å². The summed E-state index contributed by atoms with van der Waals surface area (Å²) < 4.78 is 0. The van der Waals surface area contributed by atoms with E-state index >= 15 is 0 Å². The molecule has 2 saturated heterocycles. The van der Waals surface area contributed by atoms with Crippen LogP contribution >= 0.6 is 0 Å². The van der Waals surface area contributed by atoms with E-state index in [-0.39, 0.29) is 0 Å². The Balaban J connectivity index is 1.82. The lowest BCUT2D eigenvalue weighted by molar-refractivity contribution is 0.0308. The molecule has 0 N–H and O–H groups in total. The molecule has 2 heterocycles. The normalized spacial score (nSPS) is 29.5. The first-order valence-corrected chi connectivity index (χ1v) is 5.15. The zero-order chi connectivity index (χ0) is 8.60. The third kappa shape index (κ3) is 1.38. The minimum Gasteiger partial charge on any atom is -0.305 e. The maximum Gasteiger partial charge on any atom is 0.00966 e. The van der Waals surface area contributed by atoms with Gasteiger partial charge in [0.15, 0.2) is 0 Å². The third-order valence-electron chi connectivity index (χ3n) is 3.27. The van der Waals surface area contributed by atoms with Crippen LogP contribution in [0.1, 0.15) is 19.8 Å². The van der Waals surface area contributed by atoms with Gasteiger partial charge in [0.05, 0.1) is 0 Å². The summed E-state index contributed by atoms with van der Waals surface area (Å²) in [5.74, 6) is 0. The van der Waals surface area contributed by atoms with Crippen molar-refractivity contribution in [3.63, 3.8) is 0 Å². The Morgan fingerprint density at radius 2 is 2.00 bits per heavy atom. The van der Waals surface area contributed by atoms with Gasteiger partial charge in [-0.3, -0.25) is 0 Å². The van der Waals surface area contributed by atoms with Gasteiger partial charge in [0, 0.05) is 25.0 Å². The Labute approximate surface area is 75.5 Å². The topological polar surface area (TPSA) is 6.48 Å². The highest BCUT2D eigenvalue weighted by molar-refractivity contribution is 4.99. The summed E-state index contributed by atoms with van der Waals surface area (Å²) in [5, 5.41) is 0. The van der Waals surface area contributed by atoms with Gasteiger partial charge in [-0.15, -0.1) is 0 Å². The lowest BCUT2D eigenvalue weighted by Crippen LogP contribution is -2.55. The fourth-order valence-corrected chi connectivity index (χ4v) is 2.89. The fourth-order valence-electron chi connectivity index (χ4n) is 2.89. The van der Waals surface area contributed by atoms with Crippen LogP contribution in [0, 0.1) is 5.41 Å². The van der Waals surface area contributed by atoms with Crippen molar-refractivity contribution in [1.29, 1.82) is 0 Å². The highest BCUT2D eigenvalue weighted by atomic mass is 15.2. The Bertz CT molecular complexity index is 161. The van der Waals surface area contributed by atoms with Gasteiger partial charge < -0.3 is 9.80 Å². The average Bonchev–Trinajstić information content (AvgIpc) is 2.33. The number of likely N-dealkylation sites (tertiary alicyclic amines) is 2. The first-order chi connectivity index (χ1) is 5.74. The van der Waals surface area contributed by atoms with Crippen molar-refractivity contribution in [2.75, 3.05) is 39.8 Å². The summed E-state index contributed by atoms with van der Waals surface area (Å²) in [7, 11) is 2.23. The molecule has 2 nitrogen and oxygen atoms in total. The van der Waals surface area contributed by atoms with Crippen molar-refractivity contribution in [3.8, 4) is 0 Å². The van der Waals surface area contributed by atoms with Gasteiger partial charge in [-0.2, -0.15) is 0 Å². The van der Waals surface area contributed by atoms with Crippen LogP contribution in [0.3, 0.4) is 0 Å². The van der Waals surface area contributed by atoms with E-state index in [2.05, 4.69) is 23.8 Å². The van der Waals surface area contributed by atoms with Crippen LogP contribution in [0.15, 0.2) is 0 Å². The molecule has 0 unspecified atom stereocenters. The number of hydrogen-bond donors (Lipinski definition) is 0. The van der Waals surface area contributed by atoms with E-state index in [1.165, 1.54) is 45.6 Å². The second-order valence-electron chi connectivity index (χ2n) is 4.70. The first kappa shape index (κ1) is 8.52. The van der Waals surface area contributed by atoms with Gasteiger partial charge >= 0.3 is 0 Å². The van der Waals surface area contributed by atoms with Crippen molar-refractivity contribution in [1.82, 2.24) is 9.80 Å². The molecule has 0 saturated carbocycles. The molecule has 0 aromatic heterocycles. The van der Waals surface area contributed by atoms with E-state index in [0.717, 1.165) is 0 Å². The van der Waals surface area contributed by atoms with Crippen LogP contribution in [0.25, 0.3) is 0 Å². The summed E-state index contributed by atoms with van der Waals surface area (Å²) in [6.07, 6.45) is 2.75. The molecule has 0 aromatic rings. The van der Waals surface area contributed by atoms with Crippen LogP contribution in [0.2, 0.25) is 0 Å². The second kappa shape index (κ2) is 3.00. The molecule has 2 heteroatoms. The summed E-state index contributed by atoms with van der Waals surface area (Å²) in [6, 6.07) is 0. The molecule has 0 amide bonds. The minimum absolute atomic E-state index is 0.712. The summed E-state index contributed by atoms with van der Waals surface area (Å²) in [4.78, 5) is 5.07. The van der Waals surface area contributed by atoms with Gasteiger partial charge in [0.25, 0.3) is 0 Å². The summed E-state index contributed by atoms with van der Waals surface area (Å²) in [6.45, 7) is 8.98. The van der Waals surface area contributed by atoms with E-state index in [1.807, 2.05) is 0 Å². The van der Waals surface area contributed by atoms with Crippen molar-refractivity contribution in [2.24, 2.45) is 5.41 Å². The zero-order valence-corrected chi connectivity index (χ0v) is 8.34. The molecule has 2 aliphatic rings. The molecule has 0 aromatic carbocycles. The van der Waals surface area contributed by atoms with Crippen molar-refractivity contribution < 1.29 is 0 Å². The standard InChI is InChI=1S/C10H20N2/c1-3-5-12-6-4-10(9-12)7-11(2)8-10/h3-9H2,1-2H3. The van der Waals surface area contributed by atoms with E-state index in [9.17, 15) is 0 Å². The lowest BCUT2D eigenvalue weighted by Gasteiger charge is -2.46. The van der Waals surface area contributed by atoms with Crippen molar-refractivity contribution in [2.45, 2.75) is 19.8 Å². The lowest BCUT2D eigenvalue weighted by atomic mass is 9.79. The quantitative estimate of drug-likeness (QED) is 0.608. The zero-order valence-electron chi connectivity index (χ0n) is 8.34. The molecular weight excluding hydrogens is 148 g/mol. The van der Waals surface area contributed by atoms with Crippen LogP contribution in [-0.4, -0.2) is 49.6 Å². The maximum absolute atomic E-state index is 2.63. The highest BCUT2D eigenvalue weighted by Gasteiger charge is 2.45. The molecule has 2 aliphatic heterocycles. The van der Waals surface area contributed by atoms with Gasteiger partial charge in [0.1, 0.15) is 0 Å². The smallest absolute Gasteiger partial charge is 0.00966 e. The average molecular weight is 168 g/mol. The van der Waals surface area contributed by atoms with Crippen LogP contribution < -0.4 is 0 Å². The Morgan fingerprint density at radius 3 is 2.58 bits per heavy atom. The van der Waals surface area contributed by atoms with E-state index in [1.54, 1.807) is 0 Å². The fraction of sp³-hybridized carbons (Fsp3) is 1.00. The monoisotopic (exact) mass is 168 g/mol. The largest absolute Gasteiger partial charge is 0.305 e. The highest BCUT2D eigenvalue weighted by Crippen LogP contribution is 2.38. The molecular formula is C10H20N2. The Morgan fingerprint density at radius 1 is 1.25 bits per heavy atom. The number of hydrogen-bond acceptors (Lipinski definition) is 2. The molecule has 12 heavy (non-hydrogen) atoms. The van der Waals surface area contributed by atoms with Crippen LogP contribution in [-0.2, 0) is 0 Å². The molecule has 0 atom stereocenters. The molecule has 1 spiro atoms. The van der Waals surface area contributed by atoms with Crippen molar-refractivity contribution in [3.05, 3.63) is 0 Å². The Hall–Kier alpha value is -0.0800. The first-order valence-electron chi connectivity index (χ1n) is 5.15. The van der Waals surface area contributed by atoms with Gasteiger partial charge in [-0.05, 0) is 33.0 Å². The van der Waals surface area contributed by atoms with E-state index in [4.69, 9.17) is 0 Å². The van der Waals surface area contributed by atoms with Gasteiger partial charge in [0.2, 0.25) is 0 Å². The number of nitrogens with zero attached hydrogens (tertiary/aromatic N) is 2. The third-order valence-corrected chi connectivity index (χ3v) is 3.27. The van der Waals surface area contributed by atoms with E-state index in [0.29, 0.717) is 5.41 Å². The second-order valence-corrected chi connectivity index (χ2v) is 4.70. The SMILES string of the molecule is CCCN1CCC2(CN(C)C2)C1. The molecule has 70 valence electrons. The predicted molar refractivity (Wildman–Crippen MR) is 51.3 cm³/mol. The molecule has 0 bridgehead atoms. The van der Waals surface area contributed by atoms with Gasteiger partial charge in [-0.25, -0.2) is 0 Å². The molecule has 0 radical (unpaired) electrons. The predicted octanol–water partition coefficient (Wildman–Crippen LogP) is 1.03. The van der Waals surface area contributed by atoms with Crippen LogP contribution in [0.5, 0.6) is 0 Å². The summed E-state index contributed by atoms with van der Waals surface area (Å²) >= 11 is 0. The molecule has 2 rings (SSSR count). The van der Waals surface area contributed by atoms with Crippen molar-refractivity contribution >= 4 is 0 Å². The molecule has 0 aliphatic carbocycles. The number of rotatable bonds is 2.